The third-order valence-electron chi connectivity index (χ3n) is 3.91. The molecule has 1 aromatic carbocycles. The summed E-state index contributed by atoms with van der Waals surface area (Å²) in [5.74, 6) is 1.27. The summed E-state index contributed by atoms with van der Waals surface area (Å²) in [6.45, 7) is 4.05. The monoisotopic (exact) mass is 405 g/mol. The van der Waals surface area contributed by atoms with Gasteiger partial charge >= 0.3 is 6.09 Å². The van der Waals surface area contributed by atoms with Gasteiger partial charge in [0.05, 0.1) is 16.9 Å². The number of carbonyl (C=O) groups is 1. The summed E-state index contributed by atoms with van der Waals surface area (Å²) in [6, 6.07) is 5.14. The number of nitrogens with one attached hydrogen (secondary N) is 1. The number of benzene rings is 1. The average molecular weight is 406 g/mol. The molecule has 28 heavy (non-hydrogen) atoms. The molecule has 0 saturated carbocycles. The van der Waals surface area contributed by atoms with Gasteiger partial charge in [-0.2, -0.15) is 5.10 Å². The molecule has 3 N–H and O–H groups in total. The lowest BCUT2D eigenvalue weighted by atomic mass is 10.1. The maximum absolute atomic E-state index is 12.3. The Morgan fingerprint density at radius 1 is 1.39 bits per heavy atom. The average Bonchev–Trinajstić information content (AvgIpc) is 3.16. The Bertz CT molecular complexity index is 959. The van der Waals surface area contributed by atoms with E-state index in [9.17, 15) is 4.79 Å². The quantitative estimate of drug-likeness (QED) is 0.645. The highest BCUT2D eigenvalue weighted by molar-refractivity contribution is 6.33. The van der Waals surface area contributed by atoms with E-state index < -0.39 is 6.09 Å². The van der Waals surface area contributed by atoms with Crippen LogP contribution in [0.25, 0.3) is 11.3 Å². The number of aromatic nitrogens is 3. The Kier molecular flexibility index (Phi) is 5.86. The summed E-state index contributed by atoms with van der Waals surface area (Å²) in [5, 5.41) is 11.0. The van der Waals surface area contributed by atoms with E-state index >= 15 is 0 Å². The fraction of sp³-hybridized carbons (Fsp3) is 0.278. The number of carbonyl (C=O) groups excluding carboxylic acids is 1. The van der Waals surface area contributed by atoms with Gasteiger partial charge in [-0.15, -0.1) is 0 Å². The largest absolute Gasteiger partial charge is 0.492 e. The summed E-state index contributed by atoms with van der Waals surface area (Å²) in [4.78, 5) is 12.3. The van der Waals surface area contributed by atoms with Crippen molar-refractivity contribution in [3.8, 4) is 22.8 Å². The van der Waals surface area contributed by atoms with Crippen LogP contribution < -0.4 is 20.5 Å². The lowest BCUT2D eigenvalue weighted by Gasteiger charge is -2.14. The molecule has 1 amide bonds. The molecule has 0 saturated heterocycles. The van der Waals surface area contributed by atoms with E-state index in [0.717, 1.165) is 0 Å². The second-order valence-corrected chi connectivity index (χ2v) is 6.39. The highest BCUT2D eigenvalue weighted by Gasteiger charge is 2.18. The second kappa shape index (κ2) is 8.32. The minimum Gasteiger partial charge on any atom is -0.492 e. The van der Waals surface area contributed by atoms with Crippen LogP contribution in [-0.4, -0.2) is 34.2 Å². The summed E-state index contributed by atoms with van der Waals surface area (Å²) in [5.41, 5.74) is 7.82. The molecule has 0 fully saturated rings. The van der Waals surface area contributed by atoms with Gasteiger partial charge in [0.15, 0.2) is 11.5 Å². The van der Waals surface area contributed by atoms with E-state index in [4.69, 9.17) is 31.3 Å². The number of anilines is 1. The third-order valence-corrected chi connectivity index (χ3v) is 4.19. The lowest BCUT2D eigenvalue weighted by molar-refractivity contribution is 0.214. The number of hydrogen-bond donors (Lipinski definition) is 2. The number of hydrogen-bond acceptors (Lipinski definition) is 7. The van der Waals surface area contributed by atoms with Crippen molar-refractivity contribution >= 4 is 23.4 Å². The van der Waals surface area contributed by atoms with Gasteiger partial charge in [0.25, 0.3) is 0 Å². The van der Waals surface area contributed by atoms with E-state index in [-0.39, 0.29) is 5.75 Å². The molecule has 3 rings (SSSR count). The Morgan fingerprint density at radius 2 is 2.18 bits per heavy atom. The summed E-state index contributed by atoms with van der Waals surface area (Å²) >= 11 is 6.28. The number of amides is 1. The molecule has 0 aliphatic heterocycles. The molecule has 2 heterocycles. The van der Waals surface area contributed by atoms with Crippen LogP contribution in [0.3, 0.4) is 0 Å². The van der Waals surface area contributed by atoms with Gasteiger partial charge in [-0.05, 0) is 25.1 Å². The highest BCUT2D eigenvalue weighted by atomic mass is 35.5. The lowest BCUT2D eigenvalue weighted by Crippen LogP contribution is -2.17. The maximum atomic E-state index is 12.3. The normalized spacial score (nSPS) is 10.8. The van der Waals surface area contributed by atoms with Gasteiger partial charge < -0.3 is 19.7 Å². The molecule has 10 heteroatoms. The number of halogens is 1. The minimum atomic E-state index is -0.674. The van der Waals surface area contributed by atoms with Gasteiger partial charge in [0.1, 0.15) is 18.1 Å². The number of nitrogens with two attached hydrogens (primary N) is 1. The van der Waals surface area contributed by atoms with Gasteiger partial charge in [0, 0.05) is 31.8 Å². The van der Waals surface area contributed by atoms with Crippen molar-refractivity contribution in [3.63, 3.8) is 0 Å². The van der Waals surface area contributed by atoms with E-state index in [2.05, 4.69) is 15.6 Å². The van der Waals surface area contributed by atoms with Gasteiger partial charge in [-0.3, -0.25) is 10.00 Å². The predicted molar refractivity (Wildman–Crippen MR) is 104 cm³/mol. The molecule has 0 unspecified atom stereocenters. The standard InChI is InChI=1S/C18H20ClN5O4/c1-10-17(11(2)28-23-10)27-18(25)22-12-4-5-15(26-7-6-20)13(8-12)16-14(19)9-21-24(16)3/h4-5,8-9H,6-7,20H2,1-3H3,(H,22,25). The van der Waals surface area contributed by atoms with Gasteiger partial charge in [-0.25, -0.2) is 4.79 Å². The molecule has 3 aromatic rings. The van der Waals surface area contributed by atoms with Crippen LogP contribution in [-0.2, 0) is 7.05 Å². The molecule has 0 aliphatic carbocycles. The molecule has 148 valence electrons. The zero-order valence-corrected chi connectivity index (χ0v) is 16.4. The predicted octanol–water partition coefficient (Wildman–Crippen LogP) is 3.29. The Balaban J connectivity index is 1.88. The molecule has 0 spiro atoms. The molecule has 0 atom stereocenters. The van der Waals surface area contributed by atoms with Crippen molar-refractivity contribution in [3.05, 3.63) is 40.9 Å². The van der Waals surface area contributed by atoms with Crippen molar-refractivity contribution in [2.45, 2.75) is 13.8 Å². The molecule has 2 aromatic heterocycles. The van der Waals surface area contributed by atoms with Crippen molar-refractivity contribution in [1.29, 1.82) is 0 Å². The molecular formula is C18H20ClN5O4. The molecule has 0 bridgehead atoms. The molecule has 9 nitrogen and oxygen atoms in total. The van der Waals surface area contributed by atoms with Crippen molar-refractivity contribution < 1.29 is 18.8 Å². The first-order valence-corrected chi connectivity index (χ1v) is 8.85. The maximum Gasteiger partial charge on any atom is 0.417 e. The van der Waals surface area contributed by atoms with Crippen molar-refractivity contribution in [1.82, 2.24) is 14.9 Å². The van der Waals surface area contributed by atoms with Crippen molar-refractivity contribution in [2.75, 3.05) is 18.5 Å². The number of ether oxygens (including phenoxy) is 2. The van der Waals surface area contributed by atoms with Crippen LogP contribution >= 0.6 is 11.6 Å². The number of aryl methyl sites for hydroxylation is 3. The Labute approximate surface area is 166 Å². The topological polar surface area (TPSA) is 117 Å². The highest BCUT2D eigenvalue weighted by Crippen LogP contribution is 2.36. The Hall–Kier alpha value is -3.04. The van der Waals surface area contributed by atoms with Crippen LogP contribution in [0.2, 0.25) is 5.02 Å². The minimum absolute atomic E-state index is 0.287. The smallest absolute Gasteiger partial charge is 0.417 e. The second-order valence-electron chi connectivity index (χ2n) is 5.98. The zero-order chi connectivity index (χ0) is 20.3. The first-order chi connectivity index (χ1) is 13.4. The third kappa shape index (κ3) is 4.10. The van der Waals surface area contributed by atoms with E-state index in [0.29, 0.717) is 52.3 Å². The number of nitrogens with zero attached hydrogens (tertiary/aromatic N) is 3. The van der Waals surface area contributed by atoms with Gasteiger partial charge in [-0.1, -0.05) is 16.8 Å². The molecular weight excluding hydrogens is 386 g/mol. The first kappa shape index (κ1) is 19.7. The zero-order valence-electron chi connectivity index (χ0n) is 15.7. The van der Waals surface area contributed by atoms with Crippen LogP contribution in [0.1, 0.15) is 11.5 Å². The molecule has 0 radical (unpaired) electrons. The van der Waals surface area contributed by atoms with E-state index in [1.807, 2.05) is 0 Å². The van der Waals surface area contributed by atoms with Crippen LogP contribution in [0.4, 0.5) is 10.5 Å². The Morgan fingerprint density at radius 3 is 2.79 bits per heavy atom. The summed E-state index contributed by atoms with van der Waals surface area (Å²) in [7, 11) is 1.76. The fourth-order valence-corrected chi connectivity index (χ4v) is 2.93. The van der Waals surface area contributed by atoms with Crippen molar-refractivity contribution in [2.24, 2.45) is 12.8 Å². The van der Waals surface area contributed by atoms with Crippen LogP contribution in [0, 0.1) is 13.8 Å². The molecule has 0 aliphatic rings. The first-order valence-electron chi connectivity index (χ1n) is 8.47. The summed E-state index contributed by atoms with van der Waals surface area (Å²) in [6.07, 6.45) is 0.863. The SMILES string of the molecule is Cc1noc(C)c1OC(=O)Nc1ccc(OCCN)c(-c2c(Cl)cnn2C)c1. The summed E-state index contributed by atoms with van der Waals surface area (Å²) < 4.78 is 17.6. The van der Waals surface area contributed by atoms with Crippen LogP contribution in [0.15, 0.2) is 28.9 Å². The van der Waals surface area contributed by atoms with E-state index in [1.165, 1.54) is 6.20 Å². The van der Waals surface area contributed by atoms with Crippen LogP contribution in [0.5, 0.6) is 11.5 Å². The number of rotatable bonds is 6. The fourth-order valence-electron chi connectivity index (χ4n) is 2.66. The van der Waals surface area contributed by atoms with E-state index in [1.54, 1.807) is 43.8 Å². The van der Waals surface area contributed by atoms with Gasteiger partial charge in [0.2, 0.25) is 0 Å².